The Hall–Kier alpha value is -3.53. The predicted octanol–water partition coefficient (Wildman–Crippen LogP) is 4.21. The summed E-state index contributed by atoms with van der Waals surface area (Å²) in [7, 11) is 0. The van der Waals surface area contributed by atoms with E-state index in [0.29, 0.717) is 30.6 Å². The van der Waals surface area contributed by atoms with Crippen LogP contribution < -0.4 is 0 Å². The van der Waals surface area contributed by atoms with Crippen LogP contribution in [0.2, 0.25) is 0 Å². The highest BCUT2D eigenvalue weighted by molar-refractivity contribution is 6.21. The molecule has 4 nitrogen and oxygen atoms in total. The van der Waals surface area contributed by atoms with Crippen LogP contribution in [0.5, 0.6) is 0 Å². The van der Waals surface area contributed by atoms with E-state index in [1.165, 1.54) is 4.90 Å². The minimum Gasteiger partial charge on any atom is -0.284 e. The third kappa shape index (κ3) is 3.49. The molecule has 0 bridgehead atoms. The summed E-state index contributed by atoms with van der Waals surface area (Å²) in [4.78, 5) is 31.0. The van der Waals surface area contributed by atoms with Crippen LogP contribution in [-0.4, -0.2) is 35.5 Å². The molecule has 0 unspecified atom stereocenters. The lowest BCUT2D eigenvalue weighted by atomic mass is 10.0. The summed E-state index contributed by atoms with van der Waals surface area (Å²) in [6.07, 6.45) is 0.620. The van der Waals surface area contributed by atoms with Crippen LogP contribution in [0.3, 0.4) is 0 Å². The van der Waals surface area contributed by atoms with Gasteiger partial charge in [0.15, 0.2) is 0 Å². The van der Waals surface area contributed by atoms with E-state index in [1.807, 2.05) is 60.7 Å². The topological polar surface area (TPSA) is 49.7 Å². The van der Waals surface area contributed by atoms with E-state index >= 15 is 0 Å². The van der Waals surface area contributed by atoms with Gasteiger partial charge in [-0.15, -0.1) is 0 Å². The van der Waals surface area contributed by atoms with Gasteiger partial charge >= 0.3 is 0 Å². The van der Waals surface area contributed by atoms with Crippen molar-refractivity contribution in [3.8, 4) is 0 Å². The number of benzene rings is 3. The van der Waals surface area contributed by atoms with E-state index in [-0.39, 0.29) is 11.8 Å². The Bertz CT molecular complexity index is 950. The van der Waals surface area contributed by atoms with Gasteiger partial charge in [-0.05, 0) is 18.6 Å². The third-order valence-electron chi connectivity index (χ3n) is 4.78. The minimum atomic E-state index is -0.212. The van der Waals surface area contributed by atoms with Crippen molar-refractivity contribution in [1.82, 2.24) is 4.90 Å². The molecule has 1 aliphatic rings. The van der Waals surface area contributed by atoms with Crippen LogP contribution in [0, 0.1) is 0 Å². The Morgan fingerprint density at radius 2 is 1.14 bits per heavy atom. The van der Waals surface area contributed by atoms with Gasteiger partial charge in [0.2, 0.25) is 0 Å². The van der Waals surface area contributed by atoms with E-state index in [1.54, 1.807) is 24.3 Å². The fourth-order valence-corrected chi connectivity index (χ4v) is 3.40. The maximum Gasteiger partial charge on any atom is 0.261 e. The van der Waals surface area contributed by atoms with Crippen molar-refractivity contribution in [1.29, 1.82) is 0 Å². The Labute approximate surface area is 164 Å². The van der Waals surface area contributed by atoms with Crippen LogP contribution in [0.4, 0.5) is 0 Å². The van der Waals surface area contributed by atoms with Gasteiger partial charge in [-0.1, -0.05) is 72.8 Å². The zero-order chi connectivity index (χ0) is 19.3. The second-order valence-electron chi connectivity index (χ2n) is 6.62. The lowest BCUT2D eigenvalue weighted by Gasteiger charge is -2.13. The number of carbonyl (C=O) groups excluding carboxylic acids is 2. The van der Waals surface area contributed by atoms with Crippen molar-refractivity contribution in [2.45, 2.75) is 6.42 Å². The molecule has 0 atom stereocenters. The van der Waals surface area contributed by atoms with Gasteiger partial charge in [0.05, 0.1) is 16.8 Å². The molecule has 0 aliphatic carbocycles. The van der Waals surface area contributed by atoms with Crippen LogP contribution >= 0.6 is 0 Å². The summed E-state index contributed by atoms with van der Waals surface area (Å²) in [5.41, 5.74) is 4.00. The molecule has 28 heavy (non-hydrogen) atoms. The fraction of sp³-hybridized carbons (Fsp3) is 0.125. The third-order valence-corrected chi connectivity index (χ3v) is 4.78. The van der Waals surface area contributed by atoms with E-state index in [9.17, 15) is 9.59 Å². The molecule has 1 heterocycles. The average Bonchev–Trinajstić information content (AvgIpc) is 3.00. The molecular weight excluding hydrogens is 348 g/mol. The number of hydrogen-bond donors (Lipinski definition) is 0. The number of rotatable bonds is 6. The van der Waals surface area contributed by atoms with Gasteiger partial charge in [0.1, 0.15) is 0 Å². The van der Waals surface area contributed by atoms with Gasteiger partial charge in [0.25, 0.3) is 11.8 Å². The zero-order valence-electron chi connectivity index (χ0n) is 15.4. The van der Waals surface area contributed by atoms with Crippen molar-refractivity contribution < 1.29 is 9.59 Å². The maximum absolute atomic E-state index is 12.4. The molecule has 0 saturated carbocycles. The summed E-state index contributed by atoms with van der Waals surface area (Å²) in [6.45, 7) is 0.902. The number of nitrogens with zero attached hydrogens (tertiary/aromatic N) is 2. The first-order chi connectivity index (χ1) is 13.8. The first-order valence-corrected chi connectivity index (χ1v) is 9.36. The van der Waals surface area contributed by atoms with Gasteiger partial charge < -0.3 is 0 Å². The molecule has 3 aromatic rings. The highest BCUT2D eigenvalue weighted by Crippen LogP contribution is 2.22. The molecule has 138 valence electrons. The van der Waals surface area contributed by atoms with E-state index in [0.717, 1.165) is 16.8 Å². The summed E-state index contributed by atoms with van der Waals surface area (Å²) in [5, 5.41) is 0. The lowest BCUT2D eigenvalue weighted by Crippen LogP contribution is -2.31. The molecule has 4 rings (SSSR count). The Morgan fingerprint density at radius 1 is 0.679 bits per heavy atom. The molecule has 0 radical (unpaired) electrons. The molecule has 0 saturated heterocycles. The molecule has 4 heteroatoms. The largest absolute Gasteiger partial charge is 0.284 e. The van der Waals surface area contributed by atoms with Gasteiger partial charge in [-0.2, -0.15) is 0 Å². The van der Waals surface area contributed by atoms with E-state index in [2.05, 4.69) is 0 Å². The van der Waals surface area contributed by atoms with Gasteiger partial charge in [0, 0.05) is 24.2 Å². The molecule has 3 aromatic carbocycles. The van der Waals surface area contributed by atoms with Crippen LogP contribution in [0.15, 0.2) is 89.9 Å². The van der Waals surface area contributed by atoms with Crippen LogP contribution in [0.25, 0.3) is 0 Å². The number of carbonyl (C=O) groups is 2. The van der Waals surface area contributed by atoms with Crippen LogP contribution in [-0.2, 0) is 0 Å². The highest BCUT2D eigenvalue weighted by atomic mass is 16.2. The summed E-state index contributed by atoms with van der Waals surface area (Å²) >= 11 is 0. The first kappa shape index (κ1) is 17.9. The highest BCUT2D eigenvalue weighted by Gasteiger charge is 2.34. The number of hydrogen-bond acceptors (Lipinski definition) is 3. The quantitative estimate of drug-likeness (QED) is 0.372. The van der Waals surface area contributed by atoms with Crippen molar-refractivity contribution in [3.05, 3.63) is 107 Å². The zero-order valence-corrected chi connectivity index (χ0v) is 15.4. The molecule has 0 N–H and O–H groups in total. The van der Waals surface area contributed by atoms with E-state index in [4.69, 9.17) is 4.99 Å². The smallest absolute Gasteiger partial charge is 0.261 e. The SMILES string of the molecule is O=C1c2ccccc2C(=O)N1CCCN=C(c1ccccc1)c1ccccc1. The number of aliphatic imine (C=N–C) groups is 1. The Kier molecular flexibility index (Phi) is 5.11. The normalized spacial score (nSPS) is 12.8. The summed E-state index contributed by atoms with van der Waals surface area (Å²) in [5.74, 6) is -0.424. The fourth-order valence-electron chi connectivity index (χ4n) is 3.40. The van der Waals surface area contributed by atoms with Crippen molar-refractivity contribution in [3.63, 3.8) is 0 Å². The average molecular weight is 368 g/mol. The monoisotopic (exact) mass is 368 g/mol. The number of fused-ring (bicyclic) bond motifs is 1. The summed E-state index contributed by atoms with van der Waals surface area (Å²) in [6, 6.07) is 27.1. The minimum absolute atomic E-state index is 0.212. The standard InChI is InChI=1S/C24H20N2O2/c27-23-20-14-7-8-15-21(20)24(28)26(23)17-9-16-25-22(18-10-3-1-4-11-18)19-12-5-2-6-13-19/h1-8,10-15H,9,16-17H2. The molecular formula is C24H20N2O2. The molecule has 1 aliphatic heterocycles. The van der Waals surface area contributed by atoms with Crippen LogP contribution in [0.1, 0.15) is 38.3 Å². The van der Waals surface area contributed by atoms with Crippen molar-refractivity contribution in [2.24, 2.45) is 4.99 Å². The Morgan fingerprint density at radius 3 is 1.64 bits per heavy atom. The number of imide groups is 1. The van der Waals surface area contributed by atoms with Crippen molar-refractivity contribution in [2.75, 3.05) is 13.1 Å². The summed E-state index contributed by atoms with van der Waals surface area (Å²) < 4.78 is 0. The lowest BCUT2D eigenvalue weighted by molar-refractivity contribution is 0.0653. The Balaban J connectivity index is 1.47. The molecule has 0 fully saturated rings. The predicted molar refractivity (Wildman–Crippen MR) is 110 cm³/mol. The molecule has 0 aromatic heterocycles. The van der Waals surface area contributed by atoms with Gasteiger partial charge in [-0.3, -0.25) is 19.5 Å². The van der Waals surface area contributed by atoms with E-state index < -0.39 is 0 Å². The van der Waals surface area contributed by atoms with Gasteiger partial charge in [-0.25, -0.2) is 0 Å². The maximum atomic E-state index is 12.4. The van der Waals surface area contributed by atoms with Crippen molar-refractivity contribution >= 4 is 17.5 Å². The second-order valence-corrected chi connectivity index (χ2v) is 6.62. The molecule has 0 spiro atoms. The first-order valence-electron chi connectivity index (χ1n) is 9.36. The second kappa shape index (κ2) is 8.01. The molecule has 2 amide bonds. The number of amides is 2.